The van der Waals surface area contributed by atoms with Gasteiger partial charge in [0.25, 0.3) is 5.91 Å². The first-order chi connectivity index (χ1) is 11.6. The first kappa shape index (κ1) is 16.7. The number of aliphatic hydroxyl groups excluding tert-OH is 1. The van der Waals surface area contributed by atoms with Crippen LogP contribution in [-0.2, 0) is 4.74 Å². The Morgan fingerprint density at radius 2 is 2.04 bits per heavy atom. The average Bonchev–Trinajstić information content (AvgIpc) is 3.10. The number of aliphatic hydroxyl groups is 1. The van der Waals surface area contributed by atoms with E-state index >= 15 is 0 Å². The van der Waals surface area contributed by atoms with Gasteiger partial charge in [-0.1, -0.05) is 29.8 Å². The summed E-state index contributed by atoms with van der Waals surface area (Å²) in [5.41, 5.74) is 2.16. The first-order valence-corrected chi connectivity index (χ1v) is 8.19. The normalized spacial score (nSPS) is 16.8. The summed E-state index contributed by atoms with van der Waals surface area (Å²) in [6, 6.07) is 7.69. The van der Waals surface area contributed by atoms with Gasteiger partial charge in [0.05, 0.1) is 6.10 Å². The lowest BCUT2D eigenvalue weighted by molar-refractivity contribution is 0.00871. The van der Waals surface area contributed by atoms with E-state index in [1.165, 1.54) is 6.39 Å². The van der Waals surface area contributed by atoms with Crippen LogP contribution in [0.4, 0.5) is 0 Å². The van der Waals surface area contributed by atoms with Crippen LogP contribution < -0.4 is 5.32 Å². The zero-order valence-corrected chi connectivity index (χ0v) is 13.7. The molecule has 1 aromatic heterocycles. The van der Waals surface area contributed by atoms with Crippen molar-refractivity contribution in [3.05, 3.63) is 41.9 Å². The summed E-state index contributed by atoms with van der Waals surface area (Å²) in [5, 5.41) is 13.0. The largest absolute Gasteiger partial charge is 0.443 e. The van der Waals surface area contributed by atoms with Crippen LogP contribution in [0.5, 0.6) is 0 Å². The summed E-state index contributed by atoms with van der Waals surface area (Å²) < 4.78 is 10.7. The predicted octanol–water partition coefficient (Wildman–Crippen LogP) is 2.17. The Kier molecular flexibility index (Phi) is 5.27. The van der Waals surface area contributed by atoms with Gasteiger partial charge in [-0.05, 0) is 25.7 Å². The first-order valence-electron chi connectivity index (χ1n) is 8.19. The standard InChI is InChI=1S/C18H22N2O4/c1-12-2-4-14(5-3-12)17-16(20-11-24-17)18(22)19-10-15(21)13-6-8-23-9-7-13/h2-5,11,13,15,21H,6-10H2,1H3,(H,19,22). The number of oxazole rings is 1. The molecule has 2 N–H and O–H groups in total. The van der Waals surface area contributed by atoms with Gasteiger partial charge in [0.15, 0.2) is 17.8 Å². The maximum absolute atomic E-state index is 12.4. The Bertz CT molecular complexity index is 675. The number of nitrogens with zero attached hydrogens (tertiary/aromatic N) is 1. The minimum absolute atomic E-state index is 0.160. The van der Waals surface area contributed by atoms with E-state index < -0.39 is 6.10 Å². The molecule has 1 unspecified atom stereocenters. The van der Waals surface area contributed by atoms with Crippen LogP contribution in [0.3, 0.4) is 0 Å². The number of hydrogen-bond acceptors (Lipinski definition) is 5. The third-order valence-electron chi connectivity index (χ3n) is 4.38. The van der Waals surface area contributed by atoms with Crippen LogP contribution in [0.2, 0.25) is 0 Å². The minimum Gasteiger partial charge on any atom is -0.443 e. The molecule has 0 aliphatic carbocycles. The van der Waals surface area contributed by atoms with Crippen molar-refractivity contribution in [3.63, 3.8) is 0 Å². The summed E-state index contributed by atoms with van der Waals surface area (Å²) >= 11 is 0. The van der Waals surface area contributed by atoms with Crippen LogP contribution in [0.15, 0.2) is 35.1 Å². The van der Waals surface area contributed by atoms with Gasteiger partial charge in [-0.25, -0.2) is 4.98 Å². The molecule has 1 aliphatic heterocycles. The van der Waals surface area contributed by atoms with Crippen molar-refractivity contribution in [3.8, 4) is 11.3 Å². The Morgan fingerprint density at radius 3 is 2.75 bits per heavy atom. The van der Waals surface area contributed by atoms with Gasteiger partial charge in [-0.2, -0.15) is 0 Å². The van der Waals surface area contributed by atoms with E-state index in [0.29, 0.717) is 19.0 Å². The fourth-order valence-electron chi connectivity index (χ4n) is 2.87. The molecule has 2 heterocycles. The molecule has 6 nitrogen and oxygen atoms in total. The number of ether oxygens (including phenoxy) is 1. The average molecular weight is 330 g/mol. The molecule has 1 saturated heterocycles. The monoisotopic (exact) mass is 330 g/mol. The van der Waals surface area contributed by atoms with Crippen LogP contribution in [0.25, 0.3) is 11.3 Å². The summed E-state index contributed by atoms with van der Waals surface area (Å²) in [4.78, 5) is 16.4. The van der Waals surface area contributed by atoms with E-state index in [1.807, 2.05) is 31.2 Å². The molecule has 1 fully saturated rings. The van der Waals surface area contributed by atoms with E-state index in [-0.39, 0.29) is 24.1 Å². The summed E-state index contributed by atoms with van der Waals surface area (Å²) in [6.45, 7) is 3.52. The van der Waals surface area contributed by atoms with Crippen LogP contribution in [-0.4, -0.2) is 41.9 Å². The number of amides is 1. The number of benzene rings is 1. The summed E-state index contributed by atoms with van der Waals surface area (Å²) in [6.07, 6.45) is 2.32. The summed E-state index contributed by atoms with van der Waals surface area (Å²) in [5.74, 6) is 0.256. The lowest BCUT2D eigenvalue weighted by atomic mass is 9.94. The second kappa shape index (κ2) is 7.59. The highest BCUT2D eigenvalue weighted by molar-refractivity contribution is 5.97. The molecule has 1 aromatic carbocycles. The summed E-state index contributed by atoms with van der Waals surface area (Å²) in [7, 11) is 0. The van der Waals surface area contributed by atoms with Crippen molar-refractivity contribution in [1.82, 2.24) is 10.3 Å². The molecule has 0 bridgehead atoms. The highest BCUT2D eigenvalue weighted by Crippen LogP contribution is 2.23. The van der Waals surface area contributed by atoms with Gasteiger partial charge in [0, 0.05) is 25.3 Å². The lowest BCUT2D eigenvalue weighted by Gasteiger charge is -2.26. The smallest absolute Gasteiger partial charge is 0.274 e. The lowest BCUT2D eigenvalue weighted by Crippen LogP contribution is -2.38. The van der Waals surface area contributed by atoms with E-state index in [9.17, 15) is 9.90 Å². The Labute approximate surface area is 140 Å². The molecule has 6 heteroatoms. The van der Waals surface area contributed by atoms with E-state index in [1.54, 1.807) is 0 Å². The molecule has 1 amide bonds. The second-order valence-electron chi connectivity index (χ2n) is 6.12. The van der Waals surface area contributed by atoms with E-state index in [2.05, 4.69) is 10.3 Å². The Morgan fingerprint density at radius 1 is 1.33 bits per heavy atom. The van der Waals surface area contributed by atoms with Crippen LogP contribution in [0, 0.1) is 12.8 Å². The van der Waals surface area contributed by atoms with Gasteiger partial charge in [-0.3, -0.25) is 4.79 Å². The van der Waals surface area contributed by atoms with Crippen molar-refractivity contribution in [2.45, 2.75) is 25.9 Å². The molecule has 0 radical (unpaired) electrons. The van der Waals surface area contributed by atoms with Crippen molar-refractivity contribution in [2.75, 3.05) is 19.8 Å². The van der Waals surface area contributed by atoms with Gasteiger partial charge in [-0.15, -0.1) is 0 Å². The zero-order valence-electron chi connectivity index (χ0n) is 13.7. The highest BCUT2D eigenvalue weighted by Gasteiger charge is 2.24. The Hall–Kier alpha value is -2.18. The number of hydrogen-bond donors (Lipinski definition) is 2. The molecular formula is C18H22N2O4. The van der Waals surface area contributed by atoms with Gasteiger partial charge in [0.1, 0.15) is 0 Å². The third kappa shape index (κ3) is 3.83. The number of aryl methyl sites for hydroxylation is 1. The van der Waals surface area contributed by atoms with Crippen molar-refractivity contribution in [2.24, 2.45) is 5.92 Å². The van der Waals surface area contributed by atoms with E-state index in [0.717, 1.165) is 24.0 Å². The number of carbonyl (C=O) groups excluding carboxylic acids is 1. The molecule has 24 heavy (non-hydrogen) atoms. The molecule has 3 rings (SSSR count). The Balaban J connectivity index is 1.63. The maximum Gasteiger partial charge on any atom is 0.274 e. The maximum atomic E-state index is 12.4. The topological polar surface area (TPSA) is 84.6 Å². The highest BCUT2D eigenvalue weighted by atomic mass is 16.5. The second-order valence-corrected chi connectivity index (χ2v) is 6.12. The predicted molar refractivity (Wildman–Crippen MR) is 88.6 cm³/mol. The molecule has 0 saturated carbocycles. The minimum atomic E-state index is -0.576. The number of carbonyl (C=O) groups is 1. The number of aromatic nitrogens is 1. The number of rotatable bonds is 5. The van der Waals surface area contributed by atoms with Crippen molar-refractivity contribution < 1.29 is 19.1 Å². The van der Waals surface area contributed by atoms with Crippen LogP contribution >= 0.6 is 0 Å². The SMILES string of the molecule is Cc1ccc(-c2ocnc2C(=O)NCC(O)C2CCOCC2)cc1. The van der Waals surface area contributed by atoms with Crippen LogP contribution in [0.1, 0.15) is 28.9 Å². The quantitative estimate of drug-likeness (QED) is 0.878. The molecule has 0 spiro atoms. The zero-order chi connectivity index (χ0) is 16.9. The molecule has 1 atom stereocenters. The van der Waals surface area contributed by atoms with Crippen molar-refractivity contribution in [1.29, 1.82) is 0 Å². The van der Waals surface area contributed by atoms with E-state index in [4.69, 9.17) is 9.15 Å². The molecule has 128 valence electrons. The van der Waals surface area contributed by atoms with Crippen molar-refractivity contribution >= 4 is 5.91 Å². The van der Waals surface area contributed by atoms with Gasteiger partial charge in [0.2, 0.25) is 0 Å². The molecular weight excluding hydrogens is 308 g/mol. The molecule has 2 aromatic rings. The molecule has 1 aliphatic rings. The fourth-order valence-corrected chi connectivity index (χ4v) is 2.87. The number of nitrogens with one attached hydrogen (secondary N) is 1. The fraction of sp³-hybridized carbons (Fsp3) is 0.444. The van der Waals surface area contributed by atoms with Gasteiger partial charge >= 0.3 is 0 Å². The third-order valence-corrected chi connectivity index (χ3v) is 4.38. The van der Waals surface area contributed by atoms with Gasteiger partial charge < -0.3 is 19.6 Å².